The van der Waals surface area contributed by atoms with Gasteiger partial charge in [-0.3, -0.25) is 59.4 Å². The molecule has 0 fully saturated rings. The number of aromatic amines is 11. The molecule has 15 heterocycles. The lowest BCUT2D eigenvalue weighted by atomic mass is 10.1. The molecule has 0 spiro atoms. The zero-order valence-electron chi connectivity index (χ0n) is 77.6. The Hall–Kier alpha value is -15.5. The number of hydrogen-bond donors (Lipinski definition) is 11. The van der Waals surface area contributed by atoms with E-state index in [1.54, 1.807) is 132 Å². The molecular weight excluding hydrogens is 2010 g/mol. The average molecular weight is 2100 g/mol. The predicted molar refractivity (Wildman–Crippen MR) is 581 cm³/mol. The van der Waals surface area contributed by atoms with E-state index in [0.29, 0.717) is 75.7 Å². The third-order valence-corrected chi connectivity index (χ3v) is 29.7. The highest BCUT2D eigenvalue weighted by molar-refractivity contribution is 8.00. The van der Waals surface area contributed by atoms with Crippen molar-refractivity contribution < 1.29 is 4.74 Å². The summed E-state index contributed by atoms with van der Waals surface area (Å²) in [4.78, 5) is 132. The second kappa shape index (κ2) is 45.8. The van der Waals surface area contributed by atoms with Crippen molar-refractivity contribution in [3.63, 3.8) is 0 Å². The number of rotatable bonds is 25. The molecule has 42 heteroatoms. The average Bonchev–Trinajstić information content (AvgIpc) is 1.67. The number of fused-ring (bicyclic) bond motifs is 6. The summed E-state index contributed by atoms with van der Waals surface area (Å²) in [7, 11) is 1.65. The number of thioether (sulfide) groups is 6. The van der Waals surface area contributed by atoms with Gasteiger partial charge in [-0.2, -0.15) is 23.4 Å². The summed E-state index contributed by atoms with van der Waals surface area (Å²) in [5, 5.41) is 24.1. The minimum Gasteiger partial charge on any atom is -0.497 e. The lowest BCUT2D eigenvalue weighted by Gasteiger charge is -2.03. The van der Waals surface area contributed by atoms with Crippen LogP contribution in [0.15, 0.2) is 360 Å². The number of benzene rings is 9. The van der Waals surface area contributed by atoms with E-state index in [4.69, 9.17) is 27.9 Å². The molecule has 23 aromatic rings. The Bertz CT molecular complexity index is 8720. The molecule has 728 valence electrons. The zero-order valence-corrected chi connectivity index (χ0v) is 84.9. The van der Waals surface area contributed by atoms with Gasteiger partial charge in [0, 0.05) is 154 Å². The van der Waals surface area contributed by atoms with Crippen LogP contribution in [-0.4, -0.2) is 136 Å². The highest BCUT2D eigenvalue weighted by Crippen LogP contribution is 2.33. The van der Waals surface area contributed by atoms with E-state index < -0.39 is 0 Å². The third kappa shape index (κ3) is 24.9. The molecule has 0 unspecified atom stereocenters. The van der Waals surface area contributed by atoms with Crippen LogP contribution in [0.3, 0.4) is 0 Å². The number of methoxy groups -OCH3 is 1. The number of hydrogen-bond acceptors (Lipinski definition) is 23. The van der Waals surface area contributed by atoms with Gasteiger partial charge in [-0.05, 0) is 176 Å². The van der Waals surface area contributed by atoms with E-state index in [2.05, 4.69) is 119 Å². The first kappa shape index (κ1) is 98.3. The lowest BCUT2D eigenvalue weighted by molar-refractivity contribution is 0.413. The first-order valence-corrected chi connectivity index (χ1v) is 52.7. The van der Waals surface area contributed by atoms with Crippen LogP contribution in [-0.2, 0) is 47.4 Å². The van der Waals surface area contributed by atoms with Gasteiger partial charge in [0.2, 0.25) is 29.7 Å². The largest absolute Gasteiger partial charge is 0.497 e. The van der Waals surface area contributed by atoms with Crippen LogP contribution < -0.4 is 38.1 Å². The van der Waals surface area contributed by atoms with Crippen molar-refractivity contribution in [3.8, 4) is 35.5 Å². The summed E-state index contributed by atoms with van der Waals surface area (Å²) in [5.41, 5.74) is 18.3. The van der Waals surface area contributed by atoms with Crippen LogP contribution >= 0.6 is 105 Å². The number of imidazole rings is 5. The first-order chi connectivity index (χ1) is 70.7. The van der Waals surface area contributed by atoms with Gasteiger partial charge >= 0.3 is 0 Å². The molecule has 33 nitrogen and oxygen atoms in total. The fraction of sp³-hybridized carbons (Fsp3) is 0.117. The van der Waals surface area contributed by atoms with Crippen molar-refractivity contribution in [2.45, 2.75) is 97.2 Å². The third-order valence-electron chi connectivity index (χ3n) is 22.0. The fourth-order valence-electron chi connectivity index (χ4n) is 15.0. The number of aliphatic imine (C=N–C) groups is 1. The summed E-state index contributed by atoms with van der Waals surface area (Å²) in [6.45, 7) is 6.11. The molecule has 0 bridgehead atoms. The van der Waals surface area contributed by atoms with Gasteiger partial charge in [0.05, 0.1) is 83.7 Å². The van der Waals surface area contributed by atoms with Crippen molar-refractivity contribution in [3.05, 3.63) is 426 Å². The molecule has 0 amide bonds. The van der Waals surface area contributed by atoms with Crippen LogP contribution in [0, 0.1) is 13.8 Å². The fourth-order valence-corrected chi connectivity index (χ4v) is 21.6. The van der Waals surface area contributed by atoms with Crippen LogP contribution in [0.1, 0.15) is 63.5 Å². The smallest absolute Gasteiger partial charge is 0.274 e. The maximum absolute atomic E-state index is 12.3. The van der Waals surface area contributed by atoms with Crippen molar-refractivity contribution in [1.29, 1.82) is 0 Å². The van der Waals surface area contributed by atoms with Gasteiger partial charge in [0.25, 0.3) is 33.4 Å². The molecule has 14 aromatic heterocycles. The van der Waals surface area contributed by atoms with Crippen LogP contribution in [0.5, 0.6) is 5.75 Å². The van der Waals surface area contributed by atoms with Crippen molar-refractivity contribution in [2.75, 3.05) is 7.11 Å². The summed E-state index contributed by atoms with van der Waals surface area (Å²) in [6, 6.07) is 87.2. The molecule has 0 saturated heterocycles. The van der Waals surface area contributed by atoms with Crippen LogP contribution in [0.2, 0.25) is 10.0 Å². The highest BCUT2D eigenvalue weighted by atomic mass is 35.5. The number of para-hydroxylation sites is 11. The quantitative estimate of drug-likeness (QED) is 0.0237. The van der Waals surface area contributed by atoms with E-state index in [-0.39, 0.29) is 33.4 Å². The predicted octanol–water partition coefficient (Wildman–Crippen LogP) is 21.0. The minimum absolute atomic E-state index is 0.0758. The number of ether oxygens (including phenoxy) is 1. The number of thiazole rings is 1. The van der Waals surface area contributed by atoms with Gasteiger partial charge in [0.1, 0.15) is 15.9 Å². The molecule has 0 radical (unpaired) electrons. The summed E-state index contributed by atoms with van der Waals surface area (Å²) < 4.78 is 14.9. The number of halogens is 2. The van der Waals surface area contributed by atoms with Crippen molar-refractivity contribution in [2.24, 2.45) is 4.99 Å². The Labute approximate surface area is 863 Å². The number of aryl methyl sites for hydroxylation is 3. The Balaban J connectivity index is 0.000000110. The van der Waals surface area contributed by atoms with E-state index in [0.717, 1.165) is 170 Å². The lowest BCUT2D eigenvalue weighted by Crippen LogP contribution is -2.24. The van der Waals surface area contributed by atoms with E-state index in [1.165, 1.54) is 28.1 Å². The maximum atomic E-state index is 12.3. The standard InChI is InChI=1S/C18H15ClN4OS.C18H16N4O2S.C17H13ClN4OS.C17H15N5OS.C17H14N4OS.C16H15N5OS2/c1-11-6-12(19)8-14(7-11)25-10-13-9-17(24)23(22-13)18-20-15-4-2-3-5-16(15)21-18;1-24-13-5-4-6-14(10-13)25-11-12-9-17(23)22(21-12)18-19-15-7-2-3-8-16(15)20-18;18-11-4-3-5-13(8-11)24-10-12-9-16(23)22(21-12)17-19-14-6-1-2-7-15(14)20-17;1-11-6-7-15(18-9-11)24-10-12-8-16(23)22(21-12)17-19-13-4-2-3-5-14(13)20-17;22-17-10-13(11-23-16-7-3-4-8-18-16)20-21(17)15-9-12-5-1-2-6-14(12)19-15;1-2-10-8-23-16(17-10)24-9-11-7-14(22)21(20-11)15-18-12-5-3-4-6-13(12)19-15/h2-9,22H,10H2,1H3,(H,20,21);2-10,21H,11H2,1H3,(H,19,20);1-9,21H,10H2,(H,19,20);2-9,21H,10H2,1H3,(H,19,20);1-8,10,20H,9,11H2;3-8,20H,2,9H2,1H3,(H,18,19). The van der Waals surface area contributed by atoms with Gasteiger partial charge in [-0.25, -0.2) is 49.5 Å². The van der Waals surface area contributed by atoms with Crippen LogP contribution in [0.4, 0.5) is 5.69 Å². The number of H-pyrrole nitrogens is 11. The molecule has 9 aromatic carbocycles. The molecule has 24 rings (SSSR count). The van der Waals surface area contributed by atoms with Gasteiger partial charge in [-0.15, -0.1) is 70.1 Å². The van der Waals surface area contributed by atoms with Gasteiger partial charge in [0.15, 0.2) is 0 Å². The van der Waals surface area contributed by atoms with Gasteiger partial charge < -0.3 is 29.7 Å². The molecule has 145 heavy (non-hydrogen) atoms. The van der Waals surface area contributed by atoms with E-state index >= 15 is 0 Å². The van der Waals surface area contributed by atoms with E-state index in [9.17, 15) is 28.8 Å². The summed E-state index contributed by atoms with van der Waals surface area (Å²) in [6.07, 6.45) is 5.21. The molecular formula is C103H88Cl2N26O7S7. The normalized spacial score (nSPS) is 11.5. The SMILES string of the molecule is CCc1csc(SCc2cc(=O)n(-c3nc4ccccc4[nH]3)[nH]2)n1.COc1cccc(SCc2cc(=O)n(-c3nc4ccccc4[nH]3)[nH]2)c1.Cc1cc(Cl)cc(SCc2cc(=O)n(-c3nc4ccccc4[nH]3)[nH]2)c1.Cc1ccc(SCc2cc(=O)n(-c3nc4ccccc4[nH]3)[nH]2)nc1.O=c1cc(CSc2cccc(Cl)c2)[nH]n1-c1nc2ccccc2[nH]1.O=c1cc(CSc2ccccn2)[nH]n1C1=Nc2ccccc2C1. The Morgan fingerprint density at radius 3 is 1.14 bits per heavy atom. The molecule has 1 aliphatic heterocycles. The summed E-state index contributed by atoms with van der Waals surface area (Å²) >= 11 is 23.4. The molecule has 0 saturated carbocycles. The maximum Gasteiger partial charge on any atom is 0.274 e. The topological polar surface area (TPSA) is 430 Å². The second-order valence-electron chi connectivity index (χ2n) is 32.6. The highest BCUT2D eigenvalue weighted by Gasteiger charge is 2.21. The van der Waals surface area contributed by atoms with Crippen molar-refractivity contribution >= 4 is 172 Å². The Morgan fingerprint density at radius 1 is 0.352 bits per heavy atom. The van der Waals surface area contributed by atoms with E-state index in [1.807, 2.05) is 257 Å². The Morgan fingerprint density at radius 2 is 0.738 bits per heavy atom. The molecule has 0 atom stereocenters. The summed E-state index contributed by atoms with van der Waals surface area (Å²) in [5.74, 6) is 7.91. The van der Waals surface area contributed by atoms with Gasteiger partial charge in [-0.1, -0.05) is 145 Å². The number of nitrogens with one attached hydrogen (secondary N) is 11. The molecule has 1 aliphatic rings. The van der Waals surface area contributed by atoms with Crippen LogP contribution in [0.25, 0.3) is 84.9 Å². The van der Waals surface area contributed by atoms with Crippen molar-refractivity contribution in [1.82, 2.24) is 123 Å². The number of nitrogens with zero attached hydrogens (tertiary/aromatic N) is 15. The number of pyridine rings is 2. The zero-order chi connectivity index (χ0) is 99.8. The Kier molecular flexibility index (Phi) is 31.0. The first-order valence-electron chi connectivity index (χ1n) is 45.2. The molecule has 0 aliphatic carbocycles. The second-order valence-corrected chi connectivity index (χ2v) is 40.7. The minimum atomic E-state index is -0.143. The monoisotopic (exact) mass is 2090 g/mol. The number of aromatic nitrogens is 25. The molecule has 11 N–H and O–H groups in total.